The van der Waals surface area contributed by atoms with Crippen molar-refractivity contribution >= 4 is 57.2 Å². The summed E-state index contributed by atoms with van der Waals surface area (Å²) in [5.74, 6) is -0.279. The highest BCUT2D eigenvalue weighted by atomic mass is 35.5. The number of pyridine rings is 1. The van der Waals surface area contributed by atoms with Crippen molar-refractivity contribution in [3.63, 3.8) is 0 Å². The number of likely N-dealkylation sites (N-methyl/N-ethyl adjacent to an activating group) is 1. The summed E-state index contributed by atoms with van der Waals surface area (Å²) in [5.41, 5.74) is 2.19. The van der Waals surface area contributed by atoms with Crippen LogP contribution in [0.5, 0.6) is 5.75 Å². The lowest BCUT2D eigenvalue weighted by Gasteiger charge is -2.15. The lowest BCUT2D eigenvalue weighted by atomic mass is 10.1. The minimum Gasteiger partial charge on any atom is -0.486 e. The number of nitrogens with zero attached hydrogens (tertiary/aromatic N) is 4. The Hall–Kier alpha value is -4.54. The molecule has 0 saturated carbocycles. The maximum absolute atomic E-state index is 12.8. The molecule has 200 valence electrons. The van der Waals surface area contributed by atoms with E-state index < -0.39 is 32.3 Å². The smallest absolute Gasteiger partial charge is 0.248 e. The van der Waals surface area contributed by atoms with E-state index in [0.717, 1.165) is 17.8 Å². The summed E-state index contributed by atoms with van der Waals surface area (Å²) in [6, 6.07) is 13.7. The second-order valence-corrected chi connectivity index (χ2v) is 8.61. The van der Waals surface area contributed by atoms with Gasteiger partial charge in [0, 0.05) is 45.0 Å². The van der Waals surface area contributed by atoms with Gasteiger partial charge in [-0.1, -0.05) is 23.7 Å². The van der Waals surface area contributed by atoms with Crippen molar-refractivity contribution in [3.8, 4) is 5.75 Å². The summed E-state index contributed by atoms with van der Waals surface area (Å²) in [6.45, 7) is -4.79. The summed E-state index contributed by atoms with van der Waals surface area (Å²) in [4.78, 5) is 37.8. The molecular formula is C28H28ClN7O3. The van der Waals surface area contributed by atoms with Crippen molar-refractivity contribution in [3.05, 3.63) is 83.9 Å². The van der Waals surface area contributed by atoms with Gasteiger partial charge in [0.15, 0.2) is 0 Å². The Morgan fingerprint density at radius 3 is 2.67 bits per heavy atom. The normalized spacial score (nSPS) is 14.0. The predicted octanol–water partition coefficient (Wildman–Crippen LogP) is 5.02. The Labute approximate surface area is 239 Å². The van der Waals surface area contributed by atoms with E-state index in [0.29, 0.717) is 38.1 Å². The Bertz CT molecular complexity index is 1710. The number of amides is 2. The standard InChI is InChI=1S/C28H28ClN7O3/c1-18(37)33-25-15-23-21(14-24(25)35-27(38)8-6-12-36(2)3)28(32-17-31-23)34-19-9-10-26(22(29)13-19)39-16-20-7-4-5-11-30-20/h4-11,13-15,17H,12,16H2,1-3H3,(H,33,37)(H,35,38)(H,31,32,34)/i2D3,3D3. The van der Waals surface area contributed by atoms with E-state index in [1.54, 1.807) is 36.5 Å². The summed E-state index contributed by atoms with van der Waals surface area (Å²) >= 11 is 6.47. The molecule has 39 heavy (non-hydrogen) atoms. The van der Waals surface area contributed by atoms with E-state index in [-0.39, 0.29) is 18.0 Å². The van der Waals surface area contributed by atoms with E-state index >= 15 is 0 Å². The third-order valence-corrected chi connectivity index (χ3v) is 5.49. The van der Waals surface area contributed by atoms with Crippen molar-refractivity contribution in [1.29, 1.82) is 0 Å². The topological polar surface area (TPSA) is 121 Å². The summed E-state index contributed by atoms with van der Waals surface area (Å²) < 4.78 is 50.5. The molecule has 0 unspecified atom stereocenters. The van der Waals surface area contributed by atoms with Crippen molar-refractivity contribution < 1.29 is 22.6 Å². The van der Waals surface area contributed by atoms with Gasteiger partial charge in [0.1, 0.15) is 24.5 Å². The molecule has 10 nitrogen and oxygen atoms in total. The Morgan fingerprint density at radius 2 is 1.92 bits per heavy atom. The lowest BCUT2D eigenvalue weighted by molar-refractivity contribution is -0.114. The zero-order valence-electron chi connectivity index (χ0n) is 26.7. The quantitative estimate of drug-likeness (QED) is 0.235. The first-order chi connectivity index (χ1) is 21.2. The highest BCUT2D eigenvalue weighted by Crippen LogP contribution is 2.34. The Kier molecular flexibility index (Phi) is 6.71. The van der Waals surface area contributed by atoms with Crippen LogP contribution in [0.3, 0.4) is 0 Å². The molecule has 0 aliphatic heterocycles. The number of hydrogen-bond acceptors (Lipinski definition) is 8. The maximum atomic E-state index is 12.8. The monoisotopic (exact) mass is 551 g/mol. The summed E-state index contributed by atoms with van der Waals surface area (Å²) in [5, 5.41) is 9.27. The number of hydrogen-bond donors (Lipinski definition) is 3. The molecule has 0 saturated heterocycles. The SMILES string of the molecule is [2H]C([2H])([2H])N(CC=CC(=O)Nc1cc2c(Nc3ccc(OCc4ccccn4)c(Cl)c3)ncnc2cc1NC(C)=O)C([2H])([2H])[2H]. The molecule has 4 aromatic rings. The number of aromatic nitrogens is 3. The average molecular weight is 552 g/mol. The molecule has 0 radical (unpaired) electrons. The number of anilines is 4. The zero-order chi connectivity index (χ0) is 32.8. The first-order valence-electron chi connectivity index (χ1n) is 14.6. The number of carbonyl (C=O) groups is 2. The number of halogens is 1. The van der Waals surface area contributed by atoms with Crippen LogP contribution < -0.4 is 20.7 Å². The van der Waals surface area contributed by atoms with Gasteiger partial charge in [-0.15, -0.1) is 0 Å². The van der Waals surface area contributed by atoms with Crippen LogP contribution in [0, 0.1) is 0 Å². The number of benzene rings is 2. The van der Waals surface area contributed by atoms with Gasteiger partial charge >= 0.3 is 0 Å². The molecule has 2 aromatic heterocycles. The minimum atomic E-state index is -2.90. The number of ether oxygens (including phenoxy) is 1. The maximum Gasteiger partial charge on any atom is 0.248 e. The first kappa shape index (κ1) is 20.4. The fraction of sp³-hybridized carbons (Fsp3) is 0.179. The molecule has 0 aliphatic rings. The van der Waals surface area contributed by atoms with Crippen LogP contribution in [0.2, 0.25) is 5.02 Å². The van der Waals surface area contributed by atoms with Crippen LogP contribution in [-0.2, 0) is 16.2 Å². The highest BCUT2D eigenvalue weighted by molar-refractivity contribution is 6.32. The molecule has 2 heterocycles. The molecule has 2 aromatic carbocycles. The highest BCUT2D eigenvalue weighted by Gasteiger charge is 2.14. The van der Waals surface area contributed by atoms with Crippen molar-refractivity contribution in [2.45, 2.75) is 13.5 Å². The van der Waals surface area contributed by atoms with Crippen molar-refractivity contribution in [2.24, 2.45) is 0 Å². The van der Waals surface area contributed by atoms with Crippen LogP contribution in [0.15, 0.2) is 73.2 Å². The van der Waals surface area contributed by atoms with Gasteiger partial charge in [-0.2, -0.15) is 0 Å². The van der Waals surface area contributed by atoms with E-state index in [4.69, 9.17) is 24.6 Å². The third kappa shape index (κ3) is 7.73. The summed E-state index contributed by atoms with van der Waals surface area (Å²) in [6.07, 6.45) is 5.13. The minimum absolute atomic E-state index is 0.185. The van der Waals surface area contributed by atoms with Crippen molar-refractivity contribution in [2.75, 3.05) is 36.4 Å². The largest absolute Gasteiger partial charge is 0.486 e. The molecule has 11 heteroatoms. The second-order valence-electron chi connectivity index (χ2n) is 8.20. The van der Waals surface area contributed by atoms with Crippen LogP contribution in [0.1, 0.15) is 20.8 Å². The third-order valence-electron chi connectivity index (χ3n) is 5.20. The average Bonchev–Trinajstić information content (AvgIpc) is 2.94. The summed E-state index contributed by atoms with van der Waals surface area (Å²) in [7, 11) is 0. The van der Waals surface area contributed by atoms with Gasteiger partial charge in [-0.25, -0.2) is 9.97 Å². The van der Waals surface area contributed by atoms with Crippen molar-refractivity contribution in [1.82, 2.24) is 19.9 Å². The molecular weight excluding hydrogens is 518 g/mol. The van der Waals surface area contributed by atoms with Crippen LogP contribution in [0.4, 0.5) is 22.9 Å². The van der Waals surface area contributed by atoms with Gasteiger partial charge in [0.2, 0.25) is 11.8 Å². The van der Waals surface area contributed by atoms with E-state index in [1.165, 1.54) is 13.3 Å². The van der Waals surface area contributed by atoms with E-state index in [1.807, 2.05) is 18.2 Å². The molecule has 4 rings (SSSR count). The lowest BCUT2D eigenvalue weighted by Crippen LogP contribution is -2.15. The molecule has 0 fully saturated rings. The molecule has 2 amide bonds. The molecule has 0 atom stereocenters. The van der Waals surface area contributed by atoms with Gasteiger partial charge in [0.25, 0.3) is 0 Å². The predicted molar refractivity (Wildman–Crippen MR) is 153 cm³/mol. The molecule has 0 bridgehead atoms. The van der Waals surface area contributed by atoms with Gasteiger partial charge in [-0.05, 0) is 56.4 Å². The first-order valence-corrected chi connectivity index (χ1v) is 12.0. The van der Waals surface area contributed by atoms with Gasteiger partial charge < -0.3 is 25.6 Å². The van der Waals surface area contributed by atoms with Gasteiger partial charge in [0.05, 0.1) is 27.6 Å². The zero-order valence-corrected chi connectivity index (χ0v) is 21.5. The molecule has 0 spiro atoms. The van der Waals surface area contributed by atoms with Crippen LogP contribution in [0.25, 0.3) is 10.9 Å². The van der Waals surface area contributed by atoms with E-state index in [2.05, 4.69) is 30.9 Å². The Balaban J connectivity index is 1.56. The van der Waals surface area contributed by atoms with Crippen LogP contribution >= 0.6 is 11.6 Å². The number of rotatable bonds is 10. The second kappa shape index (κ2) is 12.8. The Morgan fingerprint density at radius 1 is 1.08 bits per heavy atom. The molecule has 3 N–H and O–H groups in total. The molecule has 0 aliphatic carbocycles. The number of fused-ring (bicyclic) bond motifs is 1. The van der Waals surface area contributed by atoms with Crippen LogP contribution in [-0.4, -0.2) is 52.2 Å². The number of carbonyl (C=O) groups excluding carboxylic acids is 2. The number of nitrogens with one attached hydrogen (secondary N) is 3. The fourth-order valence-corrected chi connectivity index (χ4v) is 3.74. The fourth-order valence-electron chi connectivity index (χ4n) is 3.51. The van der Waals surface area contributed by atoms with E-state index in [9.17, 15) is 9.59 Å². The van der Waals surface area contributed by atoms with Gasteiger partial charge in [-0.3, -0.25) is 14.6 Å².